The number of nitrogens with zero attached hydrogens (tertiary/aromatic N) is 1. The molecule has 0 aliphatic heterocycles. The second-order valence-corrected chi connectivity index (χ2v) is 2.37. The van der Waals surface area contributed by atoms with E-state index >= 15 is 0 Å². The maximum absolute atomic E-state index is 10.8. The molecule has 1 rings (SSSR count). The number of H-pyrrole nitrogens is 1. The van der Waals surface area contributed by atoms with Gasteiger partial charge < -0.3 is 10.5 Å². The van der Waals surface area contributed by atoms with E-state index in [1.54, 1.807) is 12.4 Å². The number of oxime groups is 1. The molecule has 0 unspecified atom stereocenters. The standard InChI is InChI=1S/C8H9N3O2/c12-8(6-11-13)10-5-7-2-1-3-9-4-7/h1-4,6,13H,5H2,(H,10,12)/p+1. The Kier molecular flexibility index (Phi) is 3.44. The molecule has 68 valence electrons. The van der Waals surface area contributed by atoms with Crippen molar-refractivity contribution in [2.24, 2.45) is 5.16 Å². The van der Waals surface area contributed by atoms with Crippen LogP contribution < -0.4 is 10.3 Å². The second kappa shape index (κ2) is 4.87. The number of nitrogens with one attached hydrogen (secondary N) is 2. The fourth-order valence-electron chi connectivity index (χ4n) is 0.828. The fourth-order valence-corrected chi connectivity index (χ4v) is 0.828. The number of pyridine rings is 1. The molecule has 0 spiro atoms. The molecule has 0 aromatic carbocycles. The predicted molar refractivity (Wildman–Crippen MR) is 45.1 cm³/mol. The third-order valence-corrected chi connectivity index (χ3v) is 1.41. The van der Waals surface area contributed by atoms with Crippen molar-refractivity contribution in [3.05, 3.63) is 30.1 Å². The fraction of sp³-hybridized carbons (Fsp3) is 0.125. The van der Waals surface area contributed by atoms with Gasteiger partial charge in [-0.25, -0.2) is 4.98 Å². The van der Waals surface area contributed by atoms with Gasteiger partial charge >= 0.3 is 0 Å². The van der Waals surface area contributed by atoms with Crippen LogP contribution in [0.4, 0.5) is 0 Å². The van der Waals surface area contributed by atoms with Crippen LogP contribution in [-0.4, -0.2) is 17.3 Å². The number of aromatic nitrogens is 1. The number of carbonyl (C=O) groups excluding carboxylic acids is 1. The zero-order valence-corrected chi connectivity index (χ0v) is 6.90. The van der Waals surface area contributed by atoms with Gasteiger partial charge in [0.1, 0.15) is 6.21 Å². The molecule has 0 aliphatic rings. The lowest BCUT2D eigenvalue weighted by atomic mass is 10.3. The molecule has 1 aromatic heterocycles. The minimum absolute atomic E-state index is 0.405. The van der Waals surface area contributed by atoms with Crippen molar-refractivity contribution in [2.75, 3.05) is 0 Å². The molecule has 0 aliphatic carbocycles. The SMILES string of the molecule is O=C(C=NO)NCc1ccc[nH+]c1. The summed E-state index contributed by atoms with van der Waals surface area (Å²) in [5.74, 6) is -0.425. The van der Waals surface area contributed by atoms with Gasteiger partial charge in [0.05, 0.1) is 0 Å². The molecule has 5 nitrogen and oxygen atoms in total. The molecule has 1 aromatic rings. The highest BCUT2D eigenvalue weighted by molar-refractivity contribution is 6.25. The van der Waals surface area contributed by atoms with E-state index in [1.165, 1.54) is 0 Å². The Balaban J connectivity index is 2.40. The van der Waals surface area contributed by atoms with Crippen LogP contribution in [0.2, 0.25) is 0 Å². The molecule has 0 fully saturated rings. The van der Waals surface area contributed by atoms with E-state index in [9.17, 15) is 4.79 Å². The lowest BCUT2D eigenvalue weighted by molar-refractivity contribution is -0.378. The Labute approximate surface area is 75.1 Å². The zero-order valence-electron chi connectivity index (χ0n) is 6.90. The van der Waals surface area contributed by atoms with Crippen molar-refractivity contribution in [2.45, 2.75) is 6.54 Å². The lowest BCUT2D eigenvalue weighted by Gasteiger charge is -1.97. The van der Waals surface area contributed by atoms with E-state index in [0.29, 0.717) is 6.54 Å². The van der Waals surface area contributed by atoms with Gasteiger partial charge in [-0.15, -0.1) is 0 Å². The van der Waals surface area contributed by atoms with Crippen LogP contribution in [0.15, 0.2) is 29.7 Å². The number of aromatic amines is 1. The number of hydrogen-bond donors (Lipinski definition) is 2. The lowest BCUT2D eigenvalue weighted by Crippen LogP contribution is -2.24. The first-order chi connectivity index (χ1) is 6.33. The zero-order chi connectivity index (χ0) is 9.52. The number of amides is 1. The minimum Gasteiger partial charge on any atom is -0.411 e. The molecule has 0 saturated heterocycles. The van der Waals surface area contributed by atoms with Gasteiger partial charge in [0.25, 0.3) is 5.91 Å². The van der Waals surface area contributed by atoms with E-state index in [0.717, 1.165) is 11.8 Å². The average molecular weight is 180 g/mol. The number of carbonyl (C=O) groups is 1. The quantitative estimate of drug-likeness (QED) is 0.376. The van der Waals surface area contributed by atoms with E-state index in [1.807, 2.05) is 12.1 Å². The third kappa shape index (κ3) is 3.33. The molecule has 0 radical (unpaired) electrons. The van der Waals surface area contributed by atoms with Crippen molar-refractivity contribution in [3.63, 3.8) is 0 Å². The average Bonchev–Trinajstić information content (AvgIpc) is 2.17. The topological polar surface area (TPSA) is 75.8 Å². The molecular weight excluding hydrogens is 170 g/mol. The van der Waals surface area contributed by atoms with Gasteiger partial charge in [0.2, 0.25) is 0 Å². The smallest absolute Gasteiger partial charge is 0.266 e. The van der Waals surface area contributed by atoms with E-state index < -0.39 is 5.91 Å². The van der Waals surface area contributed by atoms with Crippen molar-refractivity contribution < 1.29 is 15.0 Å². The summed E-state index contributed by atoms with van der Waals surface area (Å²) in [6.07, 6.45) is 4.36. The number of hydrogen-bond acceptors (Lipinski definition) is 3. The van der Waals surface area contributed by atoms with Crippen LogP contribution in [0.1, 0.15) is 5.56 Å². The van der Waals surface area contributed by atoms with Crippen molar-refractivity contribution in [1.82, 2.24) is 5.32 Å². The van der Waals surface area contributed by atoms with Crippen LogP contribution in [0.5, 0.6) is 0 Å². The van der Waals surface area contributed by atoms with Gasteiger partial charge in [0.15, 0.2) is 12.4 Å². The van der Waals surface area contributed by atoms with Gasteiger partial charge in [0, 0.05) is 18.2 Å². The van der Waals surface area contributed by atoms with E-state index in [4.69, 9.17) is 5.21 Å². The first-order valence-electron chi connectivity index (χ1n) is 3.73. The van der Waals surface area contributed by atoms with Crippen molar-refractivity contribution in [3.8, 4) is 0 Å². The summed E-state index contributed by atoms with van der Waals surface area (Å²) in [6.45, 7) is 0.405. The molecule has 1 amide bonds. The third-order valence-electron chi connectivity index (χ3n) is 1.41. The van der Waals surface area contributed by atoms with Crippen LogP contribution >= 0.6 is 0 Å². The Morgan fingerprint density at radius 2 is 2.62 bits per heavy atom. The monoisotopic (exact) mass is 180 g/mol. The molecule has 0 atom stereocenters. The molecule has 3 N–H and O–H groups in total. The normalized spacial score (nSPS) is 10.2. The molecule has 0 bridgehead atoms. The predicted octanol–water partition coefficient (Wildman–Crippen LogP) is -0.423. The van der Waals surface area contributed by atoms with Gasteiger partial charge in [-0.1, -0.05) is 5.16 Å². The summed E-state index contributed by atoms with van der Waals surface area (Å²) in [4.78, 5) is 13.7. The molecule has 1 heterocycles. The van der Waals surface area contributed by atoms with Crippen LogP contribution in [0.25, 0.3) is 0 Å². The second-order valence-electron chi connectivity index (χ2n) is 2.37. The van der Waals surface area contributed by atoms with Crippen LogP contribution in [0, 0.1) is 0 Å². The highest BCUT2D eigenvalue weighted by Gasteiger charge is 1.98. The van der Waals surface area contributed by atoms with Crippen LogP contribution in [0.3, 0.4) is 0 Å². The van der Waals surface area contributed by atoms with Crippen LogP contribution in [-0.2, 0) is 11.3 Å². The first-order valence-corrected chi connectivity index (χ1v) is 3.73. The van der Waals surface area contributed by atoms with Gasteiger partial charge in [-0.3, -0.25) is 4.79 Å². The molecular formula is C8H10N3O2+. The Morgan fingerprint density at radius 1 is 1.77 bits per heavy atom. The highest BCUT2D eigenvalue weighted by Crippen LogP contribution is 1.90. The van der Waals surface area contributed by atoms with Gasteiger partial charge in [-0.2, -0.15) is 0 Å². The molecule has 5 heteroatoms. The number of rotatable bonds is 3. The van der Waals surface area contributed by atoms with E-state index in [2.05, 4.69) is 15.5 Å². The Bertz CT molecular complexity index is 298. The first kappa shape index (κ1) is 9.18. The largest absolute Gasteiger partial charge is 0.411 e. The Hall–Kier alpha value is -1.91. The Morgan fingerprint density at radius 3 is 3.23 bits per heavy atom. The van der Waals surface area contributed by atoms with E-state index in [-0.39, 0.29) is 0 Å². The maximum Gasteiger partial charge on any atom is 0.266 e. The molecule has 0 saturated carbocycles. The maximum atomic E-state index is 10.8. The molecule has 13 heavy (non-hydrogen) atoms. The summed E-state index contributed by atoms with van der Waals surface area (Å²) in [5.41, 5.74) is 0.946. The minimum atomic E-state index is -0.425. The summed E-state index contributed by atoms with van der Waals surface area (Å²) in [7, 11) is 0. The highest BCUT2D eigenvalue weighted by atomic mass is 16.4. The summed E-state index contributed by atoms with van der Waals surface area (Å²) < 4.78 is 0. The van der Waals surface area contributed by atoms with Crippen molar-refractivity contribution in [1.29, 1.82) is 0 Å². The van der Waals surface area contributed by atoms with Crippen molar-refractivity contribution >= 4 is 12.1 Å². The summed E-state index contributed by atoms with van der Waals surface area (Å²) in [5, 5.41) is 13.2. The summed E-state index contributed by atoms with van der Waals surface area (Å²) in [6, 6.07) is 3.70. The summed E-state index contributed by atoms with van der Waals surface area (Å²) >= 11 is 0. The van der Waals surface area contributed by atoms with Gasteiger partial charge in [-0.05, 0) is 6.07 Å².